The van der Waals surface area contributed by atoms with Gasteiger partial charge in [0, 0.05) is 6.61 Å². The second-order valence-corrected chi connectivity index (χ2v) is 30.8. The summed E-state index contributed by atoms with van der Waals surface area (Å²) in [6, 6.07) is 0. The molecule has 232 valence electrons. The highest BCUT2D eigenvalue weighted by Crippen LogP contribution is 2.45. The van der Waals surface area contributed by atoms with Crippen LogP contribution in [0.25, 0.3) is 0 Å². The topological polar surface area (TPSA) is 77.4 Å². The summed E-state index contributed by atoms with van der Waals surface area (Å²) in [6.07, 6.45) is -0.0492. The molecule has 0 unspecified atom stereocenters. The lowest BCUT2D eigenvalue weighted by atomic mass is 9.90. The molecule has 0 spiro atoms. The van der Waals surface area contributed by atoms with Gasteiger partial charge in [-0.05, 0) is 77.4 Å². The number of hydrogen-bond acceptors (Lipinski definition) is 6. The van der Waals surface area contributed by atoms with E-state index in [1.165, 1.54) is 0 Å². The van der Waals surface area contributed by atoms with E-state index in [9.17, 15) is 10.2 Å². The first-order valence-electron chi connectivity index (χ1n) is 14.6. The highest BCUT2D eigenvalue weighted by Gasteiger charge is 2.55. The molecule has 0 saturated carbocycles. The fraction of sp³-hybridized carbons (Fsp3) is 0.931. The maximum absolute atomic E-state index is 11.8. The van der Waals surface area contributed by atoms with Crippen LogP contribution in [0.4, 0.5) is 0 Å². The molecule has 0 radical (unpaired) electrons. The molecule has 0 aliphatic carbocycles. The van der Waals surface area contributed by atoms with Gasteiger partial charge >= 0.3 is 0 Å². The smallest absolute Gasteiger partial charge is 0.193 e. The molecule has 2 N–H and O–H groups in total. The Bertz CT molecular complexity index is 798. The van der Waals surface area contributed by atoms with Crippen molar-refractivity contribution >= 4 is 47.5 Å². The van der Waals surface area contributed by atoms with Gasteiger partial charge in [0.1, 0.15) is 24.4 Å². The molecule has 1 heterocycles. The van der Waals surface area contributed by atoms with Gasteiger partial charge < -0.3 is 28.2 Å². The summed E-state index contributed by atoms with van der Waals surface area (Å²) in [5, 5.41) is 21.4. The van der Waals surface area contributed by atoms with Crippen molar-refractivity contribution in [2.45, 2.75) is 166 Å². The lowest BCUT2D eigenvalue weighted by molar-refractivity contribution is -0.230. The summed E-state index contributed by atoms with van der Waals surface area (Å²) in [5.41, 5.74) is 0. The van der Waals surface area contributed by atoms with Crippen molar-refractivity contribution in [1.82, 2.24) is 0 Å². The Morgan fingerprint density at radius 3 is 1.62 bits per heavy atom. The van der Waals surface area contributed by atoms with Gasteiger partial charge in [0.2, 0.25) is 0 Å². The van der Waals surface area contributed by atoms with E-state index in [0.29, 0.717) is 12.8 Å². The van der Waals surface area contributed by atoms with E-state index in [-0.39, 0.29) is 27.8 Å². The van der Waals surface area contributed by atoms with Crippen molar-refractivity contribution in [3.63, 3.8) is 0 Å². The third-order valence-corrected chi connectivity index (χ3v) is 23.5. The highest BCUT2D eigenvalue weighted by molar-refractivity contribution is 14.1. The second kappa shape index (κ2) is 13.7. The van der Waals surface area contributed by atoms with E-state index in [1.54, 1.807) is 0 Å². The zero-order chi connectivity index (χ0) is 30.8. The summed E-state index contributed by atoms with van der Waals surface area (Å²) >= 11 is 2.25. The van der Waals surface area contributed by atoms with Crippen LogP contribution in [0.3, 0.4) is 0 Å². The van der Waals surface area contributed by atoms with Crippen LogP contribution in [-0.4, -0.2) is 78.4 Å². The van der Waals surface area contributed by atoms with Gasteiger partial charge in [-0.3, -0.25) is 0 Å². The zero-order valence-corrected chi connectivity index (χ0v) is 32.8. The van der Waals surface area contributed by atoms with E-state index in [2.05, 4.69) is 130 Å². The number of ether oxygens (including phenoxy) is 1. The Hall–Kier alpha value is 0.881. The predicted octanol–water partition coefficient (Wildman–Crippen LogP) is 8.01. The first-order valence-corrected chi connectivity index (χ1v) is 24.5. The Balaban J connectivity index is 3.81. The molecule has 0 amide bonds. The van der Waals surface area contributed by atoms with Gasteiger partial charge in [-0.15, -0.1) is 0 Å². The van der Waals surface area contributed by atoms with Gasteiger partial charge in [0.25, 0.3) is 0 Å². The van der Waals surface area contributed by atoms with Crippen LogP contribution < -0.4 is 0 Å². The first kappa shape index (κ1) is 37.9. The lowest BCUT2D eigenvalue weighted by Crippen LogP contribution is -2.67. The quantitative estimate of drug-likeness (QED) is 0.167. The van der Waals surface area contributed by atoms with Gasteiger partial charge in [-0.1, -0.05) is 84.9 Å². The largest absolute Gasteiger partial charge is 0.408 e. The van der Waals surface area contributed by atoms with Crippen molar-refractivity contribution in [2.75, 3.05) is 6.61 Å². The minimum absolute atomic E-state index is 0.0155. The molecule has 39 heavy (non-hydrogen) atoms. The molecule has 1 aliphatic rings. The Kier molecular flexibility index (Phi) is 13.3. The Morgan fingerprint density at radius 1 is 0.795 bits per heavy atom. The molecular formula is C29H61IO6Si3. The van der Waals surface area contributed by atoms with Crippen LogP contribution in [0.15, 0.2) is 10.2 Å². The molecule has 6 atom stereocenters. The molecule has 0 aromatic carbocycles. The highest BCUT2D eigenvalue weighted by atomic mass is 127. The maximum Gasteiger partial charge on any atom is 0.193 e. The van der Waals surface area contributed by atoms with Gasteiger partial charge in [0.05, 0.1) is 12.2 Å². The molecule has 0 bridgehead atoms. The Labute approximate surface area is 257 Å². The summed E-state index contributed by atoms with van der Waals surface area (Å²) < 4.78 is 30.1. The monoisotopic (exact) mass is 716 g/mol. The third-order valence-electron chi connectivity index (χ3n) is 9.64. The van der Waals surface area contributed by atoms with E-state index in [0.717, 1.165) is 0 Å². The van der Waals surface area contributed by atoms with Crippen molar-refractivity contribution in [2.24, 2.45) is 0 Å². The number of aliphatic hydroxyl groups excluding tert-OH is 2. The molecular weight excluding hydrogens is 655 g/mol. The SMILES string of the molecule is CC(C)(C)[Si](C)(C)O[C@@H]1[C@H]([C@H](/C=C/I)O[Si](C)(C)C(C)(C)C)O[C@@H](CCCO)[C@H](O)[C@@H]1O[Si](C)(C)C(C)(C)C. The normalized spacial score (nSPS) is 27.3. The van der Waals surface area contributed by atoms with Crippen molar-refractivity contribution < 1.29 is 28.2 Å². The van der Waals surface area contributed by atoms with E-state index in [1.807, 2.05) is 4.08 Å². The Morgan fingerprint density at radius 2 is 1.23 bits per heavy atom. The van der Waals surface area contributed by atoms with E-state index >= 15 is 0 Å². The average Bonchev–Trinajstić information content (AvgIpc) is 2.72. The lowest BCUT2D eigenvalue weighted by Gasteiger charge is -2.54. The van der Waals surface area contributed by atoms with Crippen LogP contribution in [0.2, 0.25) is 54.4 Å². The average molecular weight is 717 g/mol. The minimum atomic E-state index is -2.30. The van der Waals surface area contributed by atoms with Crippen LogP contribution >= 0.6 is 22.6 Å². The number of halogens is 1. The third kappa shape index (κ3) is 9.69. The molecule has 1 fully saturated rings. The molecule has 6 nitrogen and oxygen atoms in total. The standard InChI is InChI=1S/C29H61IO6Si3/c1-27(2,3)37(10,11)34-22(18-19-30)24-26(36-39(14,15)29(7,8)9)25(35-38(12,13)28(4,5)6)23(32)21(33-24)17-16-20-31/h18-19,21-26,31-32H,16-17,20H2,1-15H3/b19-18+/t21-,22-,23-,24-,25-,26+/m0/s1. The fourth-order valence-corrected chi connectivity index (χ4v) is 8.12. The first-order chi connectivity index (χ1) is 17.3. The molecule has 1 aliphatic heterocycles. The van der Waals surface area contributed by atoms with Crippen molar-refractivity contribution in [1.29, 1.82) is 0 Å². The van der Waals surface area contributed by atoms with Crippen LogP contribution in [0.5, 0.6) is 0 Å². The fourth-order valence-electron chi connectivity index (χ4n) is 3.86. The van der Waals surface area contributed by atoms with Crippen molar-refractivity contribution in [3.8, 4) is 0 Å². The second-order valence-electron chi connectivity index (χ2n) is 15.8. The van der Waals surface area contributed by atoms with Crippen LogP contribution in [0.1, 0.15) is 75.2 Å². The number of aliphatic hydroxyl groups is 2. The summed E-state index contributed by atoms with van der Waals surface area (Å²) in [5.74, 6) is 0. The maximum atomic E-state index is 11.8. The summed E-state index contributed by atoms with van der Waals surface area (Å²) in [7, 11) is -6.79. The zero-order valence-electron chi connectivity index (χ0n) is 27.6. The number of hydrogen-bond donors (Lipinski definition) is 2. The molecule has 1 rings (SSSR count). The number of rotatable bonds is 11. The van der Waals surface area contributed by atoms with Crippen LogP contribution in [-0.2, 0) is 18.0 Å². The van der Waals surface area contributed by atoms with Gasteiger partial charge in [-0.25, -0.2) is 0 Å². The summed E-state index contributed by atoms with van der Waals surface area (Å²) in [6.45, 7) is 33.6. The van der Waals surface area contributed by atoms with Crippen molar-refractivity contribution in [3.05, 3.63) is 10.2 Å². The summed E-state index contributed by atoms with van der Waals surface area (Å²) in [4.78, 5) is 0. The molecule has 0 aromatic rings. The van der Waals surface area contributed by atoms with Gasteiger partial charge in [-0.2, -0.15) is 0 Å². The van der Waals surface area contributed by atoms with E-state index < -0.39 is 55.5 Å². The predicted molar refractivity (Wildman–Crippen MR) is 180 cm³/mol. The van der Waals surface area contributed by atoms with E-state index in [4.69, 9.17) is 18.0 Å². The minimum Gasteiger partial charge on any atom is -0.408 e. The van der Waals surface area contributed by atoms with Gasteiger partial charge in [0.15, 0.2) is 25.0 Å². The molecule has 10 heteroatoms. The van der Waals surface area contributed by atoms with Crippen LogP contribution in [0, 0.1) is 0 Å². The molecule has 0 aromatic heterocycles. The molecule has 1 saturated heterocycles.